The lowest BCUT2D eigenvalue weighted by Crippen LogP contribution is -2.32. The Balaban J connectivity index is 1.93. The number of carbonyl (C=O) groups excluding carboxylic acids is 1. The molecule has 0 spiro atoms. The van der Waals surface area contributed by atoms with E-state index in [9.17, 15) is 14.9 Å². The standard InChI is InChI=1S/C16H16N4O3/c1-19(14-8-3-2-4-9-14)12-16(21)18-17-11-13-7-5-6-10-15(13)20(22)23/h2-11H,12H2,1H3,(H,18,21)/b17-11-. The zero-order chi connectivity index (χ0) is 16.7. The zero-order valence-electron chi connectivity index (χ0n) is 12.5. The van der Waals surface area contributed by atoms with E-state index in [-0.39, 0.29) is 18.1 Å². The predicted octanol–water partition coefficient (Wildman–Crippen LogP) is 2.18. The molecule has 0 atom stereocenters. The van der Waals surface area contributed by atoms with Gasteiger partial charge in [0.2, 0.25) is 0 Å². The first-order chi connectivity index (χ1) is 11.1. The van der Waals surface area contributed by atoms with E-state index < -0.39 is 4.92 Å². The van der Waals surface area contributed by atoms with Crippen LogP contribution in [0.15, 0.2) is 59.7 Å². The van der Waals surface area contributed by atoms with Gasteiger partial charge in [0.15, 0.2) is 0 Å². The average Bonchev–Trinajstić information content (AvgIpc) is 2.56. The molecule has 23 heavy (non-hydrogen) atoms. The first kappa shape index (κ1) is 16.2. The van der Waals surface area contributed by atoms with Gasteiger partial charge in [-0.25, -0.2) is 5.43 Å². The number of likely N-dealkylation sites (N-methyl/N-ethyl adjacent to an activating group) is 1. The Morgan fingerprint density at radius 1 is 1.22 bits per heavy atom. The highest BCUT2D eigenvalue weighted by Gasteiger charge is 2.10. The third-order valence-corrected chi connectivity index (χ3v) is 3.10. The summed E-state index contributed by atoms with van der Waals surface area (Å²) in [6.45, 7) is 0.123. The van der Waals surface area contributed by atoms with Crippen molar-refractivity contribution in [1.82, 2.24) is 5.43 Å². The number of amides is 1. The summed E-state index contributed by atoms with van der Waals surface area (Å²) >= 11 is 0. The van der Waals surface area contributed by atoms with Crippen LogP contribution < -0.4 is 10.3 Å². The number of nitro benzene ring substituents is 1. The van der Waals surface area contributed by atoms with Crippen molar-refractivity contribution in [3.05, 3.63) is 70.3 Å². The molecule has 0 saturated heterocycles. The fraction of sp³-hybridized carbons (Fsp3) is 0.125. The van der Waals surface area contributed by atoms with Crippen molar-refractivity contribution in [3.63, 3.8) is 0 Å². The molecule has 0 saturated carbocycles. The highest BCUT2D eigenvalue weighted by molar-refractivity contribution is 5.87. The first-order valence-electron chi connectivity index (χ1n) is 6.89. The monoisotopic (exact) mass is 312 g/mol. The van der Waals surface area contributed by atoms with Gasteiger partial charge in [-0.3, -0.25) is 14.9 Å². The van der Waals surface area contributed by atoms with Crippen molar-refractivity contribution >= 4 is 23.5 Å². The zero-order valence-corrected chi connectivity index (χ0v) is 12.5. The molecule has 0 fully saturated rings. The molecule has 1 N–H and O–H groups in total. The summed E-state index contributed by atoms with van der Waals surface area (Å²) in [5, 5.41) is 14.6. The van der Waals surface area contributed by atoms with Gasteiger partial charge in [0.1, 0.15) is 0 Å². The summed E-state index contributed by atoms with van der Waals surface area (Å²) in [7, 11) is 1.79. The van der Waals surface area contributed by atoms with E-state index in [0.29, 0.717) is 5.56 Å². The van der Waals surface area contributed by atoms with Gasteiger partial charge in [-0.05, 0) is 18.2 Å². The van der Waals surface area contributed by atoms with Gasteiger partial charge < -0.3 is 4.90 Å². The lowest BCUT2D eigenvalue weighted by Gasteiger charge is -2.17. The minimum atomic E-state index is -0.494. The molecule has 0 aromatic heterocycles. The fourth-order valence-electron chi connectivity index (χ4n) is 1.96. The number of nitro groups is 1. The van der Waals surface area contributed by atoms with Crippen LogP contribution in [0.4, 0.5) is 11.4 Å². The summed E-state index contributed by atoms with van der Waals surface area (Å²) in [5.74, 6) is -0.314. The summed E-state index contributed by atoms with van der Waals surface area (Å²) in [4.78, 5) is 24.0. The maximum Gasteiger partial charge on any atom is 0.278 e. The van der Waals surface area contributed by atoms with Crippen molar-refractivity contribution in [2.24, 2.45) is 5.10 Å². The average molecular weight is 312 g/mol. The topological polar surface area (TPSA) is 87.8 Å². The Kier molecular flexibility index (Phi) is 5.40. The smallest absolute Gasteiger partial charge is 0.278 e. The van der Waals surface area contributed by atoms with Gasteiger partial charge in [0.25, 0.3) is 11.6 Å². The van der Waals surface area contributed by atoms with Crippen LogP contribution >= 0.6 is 0 Å². The van der Waals surface area contributed by atoms with Crippen molar-refractivity contribution in [1.29, 1.82) is 0 Å². The summed E-state index contributed by atoms with van der Waals surface area (Å²) in [5.41, 5.74) is 3.54. The lowest BCUT2D eigenvalue weighted by atomic mass is 10.2. The van der Waals surface area contributed by atoms with Crippen LogP contribution in [-0.4, -0.2) is 30.6 Å². The number of hydrogen-bond acceptors (Lipinski definition) is 5. The molecular weight excluding hydrogens is 296 g/mol. The van der Waals surface area contributed by atoms with Crippen molar-refractivity contribution in [3.8, 4) is 0 Å². The molecule has 0 bridgehead atoms. The number of benzene rings is 2. The van der Waals surface area contributed by atoms with E-state index in [1.165, 1.54) is 12.3 Å². The minimum absolute atomic E-state index is 0.0631. The highest BCUT2D eigenvalue weighted by atomic mass is 16.6. The maximum absolute atomic E-state index is 11.8. The molecule has 1 amide bonds. The SMILES string of the molecule is CN(CC(=O)N/N=C\c1ccccc1[N+](=O)[O-])c1ccccc1. The second kappa shape index (κ2) is 7.69. The number of nitrogens with zero attached hydrogens (tertiary/aromatic N) is 3. The van der Waals surface area contributed by atoms with E-state index in [1.807, 2.05) is 30.3 Å². The fourth-order valence-corrected chi connectivity index (χ4v) is 1.96. The summed E-state index contributed by atoms with van der Waals surface area (Å²) in [6, 6.07) is 15.6. The first-order valence-corrected chi connectivity index (χ1v) is 6.89. The molecule has 0 heterocycles. The quantitative estimate of drug-likeness (QED) is 0.503. The van der Waals surface area contributed by atoms with Crippen molar-refractivity contribution in [2.75, 3.05) is 18.5 Å². The molecule has 0 radical (unpaired) electrons. The Labute approximate surface area is 133 Å². The molecular formula is C16H16N4O3. The van der Waals surface area contributed by atoms with E-state index in [2.05, 4.69) is 10.5 Å². The minimum Gasteiger partial charge on any atom is -0.365 e. The second-order valence-electron chi connectivity index (χ2n) is 4.80. The number of anilines is 1. The maximum atomic E-state index is 11.8. The number of rotatable bonds is 6. The highest BCUT2D eigenvalue weighted by Crippen LogP contribution is 2.15. The van der Waals surface area contributed by atoms with Gasteiger partial charge in [-0.2, -0.15) is 5.10 Å². The molecule has 0 aliphatic heterocycles. The largest absolute Gasteiger partial charge is 0.365 e. The van der Waals surface area contributed by atoms with Gasteiger partial charge >= 0.3 is 0 Å². The molecule has 0 aliphatic carbocycles. The van der Waals surface area contributed by atoms with Crippen LogP contribution in [0.3, 0.4) is 0 Å². The molecule has 0 aliphatic rings. The number of para-hydroxylation sites is 2. The van der Waals surface area contributed by atoms with E-state index in [1.54, 1.807) is 30.1 Å². The number of nitrogens with one attached hydrogen (secondary N) is 1. The van der Waals surface area contributed by atoms with Crippen molar-refractivity contribution in [2.45, 2.75) is 0 Å². The molecule has 2 aromatic carbocycles. The second-order valence-corrected chi connectivity index (χ2v) is 4.80. The molecule has 2 aromatic rings. The van der Waals surface area contributed by atoms with E-state index >= 15 is 0 Å². The Morgan fingerprint density at radius 2 is 1.87 bits per heavy atom. The third-order valence-electron chi connectivity index (χ3n) is 3.10. The summed E-state index contributed by atoms with van der Waals surface area (Å²) in [6.07, 6.45) is 1.26. The Morgan fingerprint density at radius 3 is 2.57 bits per heavy atom. The number of hydrogen-bond donors (Lipinski definition) is 1. The summed E-state index contributed by atoms with van der Waals surface area (Å²) < 4.78 is 0. The Hall–Kier alpha value is -3.22. The number of carbonyl (C=O) groups is 1. The molecule has 7 heteroatoms. The third kappa shape index (κ3) is 4.63. The van der Waals surface area contributed by atoms with Crippen LogP contribution in [0.1, 0.15) is 5.56 Å². The molecule has 118 valence electrons. The van der Waals surface area contributed by atoms with Gasteiger partial charge in [-0.15, -0.1) is 0 Å². The van der Waals surface area contributed by atoms with Gasteiger partial charge in [-0.1, -0.05) is 30.3 Å². The van der Waals surface area contributed by atoms with E-state index in [0.717, 1.165) is 5.69 Å². The normalized spacial score (nSPS) is 10.5. The van der Waals surface area contributed by atoms with Crippen molar-refractivity contribution < 1.29 is 9.72 Å². The van der Waals surface area contributed by atoms with Crippen LogP contribution in [0.5, 0.6) is 0 Å². The van der Waals surface area contributed by atoms with Crippen LogP contribution in [-0.2, 0) is 4.79 Å². The predicted molar refractivity (Wildman–Crippen MR) is 88.5 cm³/mol. The Bertz CT molecular complexity index is 716. The molecule has 2 rings (SSSR count). The van der Waals surface area contributed by atoms with Crippen LogP contribution in [0, 0.1) is 10.1 Å². The number of hydrazone groups is 1. The van der Waals surface area contributed by atoms with Crippen LogP contribution in [0.2, 0.25) is 0 Å². The lowest BCUT2D eigenvalue weighted by molar-refractivity contribution is -0.385. The van der Waals surface area contributed by atoms with Crippen LogP contribution in [0.25, 0.3) is 0 Å². The molecule has 0 unspecified atom stereocenters. The van der Waals surface area contributed by atoms with Gasteiger partial charge in [0, 0.05) is 18.8 Å². The van der Waals surface area contributed by atoms with E-state index in [4.69, 9.17) is 0 Å². The van der Waals surface area contributed by atoms with Gasteiger partial charge in [0.05, 0.1) is 23.2 Å². The molecule has 7 nitrogen and oxygen atoms in total.